The van der Waals surface area contributed by atoms with Gasteiger partial charge < -0.3 is 30.9 Å². The minimum Gasteiger partial charge on any atom is -0.390 e. The second-order valence-electron chi connectivity index (χ2n) is 9.74. The van der Waals surface area contributed by atoms with Crippen LogP contribution in [0.5, 0.6) is 0 Å². The molecule has 2 aliphatic carbocycles. The molecule has 190 valence electrons. The van der Waals surface area contributed by atoms with Crippen LogP contribution >= 0.6 is 11.3 Å². The third kappa shape index (κ3) is 4.17. The van der Waals surface area contributed by atoms with Gasteiger partial charge in [-0.05, 0) is 32.3 Å². The number of amides is 1. The third-order valence-electron chi connectivity index (χ3n) is 7.27. The lowest BCUT2D eigenvalue weighted by Gasteiger charge is -2.30. The zero-order chi connectivity index (χ0) is 25.0. The van der Waals surface area contributed by atoms with E-state index in [4.69, 9.17) is 15.5 Å². The van der Waals surface area contributed by atoms with E-state index in [9.17, 15) is 15.0 Å². The molecule has 5 N–H and O–H groups in total. The van der Waals surface area contributed by atoms with Crippen molar-refractivity contribution in [1.29, 1.82) is 0 Å². The molecule has 2 saturated carbocycles. The number of anilines is 2. The summed E-state index contributed by atoms with van der Waals surface area (Å²) in [6.07, 6.45) is 2.01. The molecule has 1 amide bonds. The number of carbonyl (C=O) groups is 1. The molecule has 3 aromatic rings. The SMILES string of the molecule is Cc1nc(N)nc(N[C@@H]2C[C@H](C(=O)N3CCOCC3)[C@@H](O)[C@H]2O)c1-c1nc2c(C3CC3)nccc2s1. The van der Waals surface area contributed by atoms with Crippen LogP contribution in [0.15, 0.2) is 12.3 Å². The summed E-state index contributed by atoms with van der Waals surface area (Å²) < 4.78 is 6.37. The zero-order valence-corrected chi connectivity index (χ0v) is 20.7. The summed E-state index contributed by atoms with van der Waals surface area (Å²) in [5.41, 5.74) is 9.26. The van der Waals surface area contributed by atoms with Crippen LogP contribution in [0.3, 0.4) is 0 Å². The van der Waals surface area contributed by atoms with Gasteiger partial charge in [0, 0.05) is 25.2 Å². The topological polar surface area (TPSA) is 160 Å². The number of nitrogens with one attached hydrogen (secondary N) is 1. The second-order valence-corrected chi connectivity index (χ2v) is 10.8. The van der Waals surface area contributed by atoms with Gasteiger partial charge in [0.2, 0.25) is 11.9 Å². The van der Waals surface area contributed by atoms with Crippen LogP contribution in [0.1, 0.15) is 36.6 Å². The Hall–Kier alpha value is -2.93. The summed E-state index contributed by atoms with van der Waals surface area (Å²) >= 11 is 1.53. The van der Waals surface area contributed by atoms with Gasteiger partial charge >= 0.3 is 0 Å². The Kier molecular flexibility index (Phi) is 5.98. The quantitative estimate of drug-likeness (QED) is 0.393. The molecule has 3 aliphatic rings. The normalized spacial score (nSPS) is 26.5. The average Bonchev–Trinajstić information content (AvgIpc) is 3.57. The molecule has 0 unspecified atom stereocenters. The smallest absolute Gasteiger partial charge is 0.228 e. The van der Waals surface area contributed by atoms with Gasteiger partial charge in [0.05, 0.1) is 52.9 Å². The van der Waals surface area contributed by atoms with E-state index >= 15 is 0 Å². The molecule has 3 fully saturated rings. The first-order valence-corrected chi connectivity index (χ1v) is 13.1. The van der Waals surface area contributed by atoms with Crippen LogP contribution in [-0.4, -0.2) is 85.5 Å². The molecule has 0 spiro atoms. The molecule has 0 radical (unpaired) electrons. The van der Waals surface area contributed by atoms with Gasteiger partial charge in [-0.2, -0.15) is 4.98 Å². The monoisotopic (exact) mass is 511 g/mol. The summed E-state index contributed by atoms with van der Waals surface area (Å²) in [4.78, 5) is 33.0. The van der Waals surface area contributed by atoms with E-state index in [2.05, 4.69) is 20.3 Å². The Morgan fingerprint density at radius 1 is 1.19 bits per heavy atom. The van der Waals surface area contributed by atoms with E-state index in [1.807, 2.05) is 19.2 Å². The fourth-order valence-corrected chi connectivity index (χ4v) is 6.27. The number of nitrogen functional groups attached to an aromatic ring is 1. The van der Waals surface area contributed by atoms with Gasteiger partial charge in [0.25, 0.3) is 0 Å². The third-order valence-corrected chi connectivity index (χ3v) is 8.30. The fourth-order valence-electron chi connectivity index (χ4n) is 5.21. The molecular weight excluding hydrogens is 482 g/mol. The Bertz CT molecular complexity index is 1310. The predicted molar refractivity (Wildman–Crippen MR) is 134 cm³/mol. The summed E-state index contributed by atoms with van der Waals surface area (Å²) in [6, 6.07) is 1.36. The number of aryl methyl sites for hydroxylation is 1. The van der Waals surface area contributed by atoms with Crippen molar-refractivity contribution in [2.24, 2.45) is 5.92 Å². The largest absolute Gasteiger partial charge is 0.390 e. The molecule has 1 aliphatic heterocycles. The Balaban J connectivity index is 1.31. The number of thiazole rings is 1. The summed E-state index contributed by atoms with van der Waals surface area (Å²) in [5, 5.41) is 25.6. The van der Waals surface area contributed by atoms with Crippen LogP contribution in [0.4, 0.5) is 11.8 Å². The lowest BCUT2D eigenvalue weighted by molar-refractivity contribution is -0.143. The highest BCUT2D eigenvalue weighted by molar-refractivity contribution is 7.21. The van der Waals surface area contributed by atoms with Crippen LogP contribution in [0, 0.1) is 12.8 Å². The number of aliphatic hydroxyl groups excluding tert-OH is 2. The van der Waals surface area contributed by atoms with E-state index < -0.39 is 24.2 Å². The Morgan fingerprint density at radius 2 is 1.97 bits per heavy atom. The molecule has 1 saturated heterocycles. The molecule has 0 aromatic carbocycles. The van der Waals surface area contributed by atoms with Gasteiger partial charge in [-0.15, -0.1) is 11.3 Å². The van der Waals surface area contributed by atoms with E-state index in [1.54, 1.807) is 4.90 Å². The van der Waals surface area contributed by atoms with Crippen molar-refractivity contribution < 1.29 is 19.7 Å². The van der Waals surface area contributed by atoms with Crippen LogP contribution in [-0.2, 0) is 9.53 Å². The minimum absolute atomic E-state index is 0.0918. The average molecular weight is 512 g/mol. The lowest BCUT2D eigenvalue weighted by atomic mass is 10.0. The predicted octanol–water partition coefficient (Wildman–Crippen LogP) is 1.30. The molecule has 4 atom stereocenters. The van der Waals surface area contributed by atoms with Crippen molar-refractivity contribution >= 4 is 39.2 Å². The van der Waals surface area contributed by atoms with Gasteiger partial charge in [-0.3, -0.25) is 9.78 Å². The molecule has 0 bridgehead atoms. The lowest BCUT2D eigenvalue weighted by Crippen LogP contribution is -2.46. The number of hydrogen-bond donors (Lipinski definition) is 4. The van der Waals surface area contributed by atoms with Crippen molar-refractivity contribution in [2.45, 2.75) is 50.4 Å². The molecule has 11 nitrogen and oxygen atoms in total. The molecule has 12 heteroatoms. The molecule has 4 heterocycles. The van der Waals surface area contributed by atoms with Crippen molar-refractivity contribution in [3.63, 3.8) is 0 Å². The number of fused-ring (bicyclic) bond motifs is 1. The molecule has 36 heavy (non-hydrogen) atoms. The van der Waals surface area contributed by atoms with Crippen molar-refractivity contribution in [1.82, 2.24) is 24.8 Å². The Labute approximate surface area is 211 Å². The van der Waals surface area contributed by atoms with E-state index in [0.717, 1.165) is 33.8 Å². The van der Waals surface area contributed by atoms with Gasteiger partial charge in [-0.1, -0.05) is 0 Å². The number of nitrogens with two attached hydrogens (primary N) is 1. The first-order valence-electron chi connectivity index (χ1n) is 12.3. The van der Waals surface area contributed by atoms with E-state index in [1.165, 1.54) is 11.3 Å². The van der Waals surface area contributed by atoms with Crippen molar-refractivity contribution in [3.05, 3.63) is 23.7 Å². The number of aliphatic hydroxyl groups is 2. The summed E-state index contributed by atoms with van der Waals surface area (Å²) in [6.45, 7) is 3.76. The Morgan fingerprint density at radius 3 is 2.72 bits per heavy atom. The van der Waals surface area contributed by atoms with Gasteiger partial charge in [-0.25, -0.2) is 9.97 Å². The first kappa shape index (κ1) is 23.5. The van der Waals surface area contributed by atoms with Crippen LogP contribution in [0.25, 0.3) is 20.8 Å². The number of hydrogen-bond acceptors (Lipinski definition) is 11. The zero-order valence-electron chi connectivity index (χ0n) is 19.9. The van der Waals surface area contributed by atoms with Crippen LogP contribution in [0.2, 0.25) is 0 Å². The van der Waals surface area contributed by atoms with Crippen molar-refractivity contribution in [3.8, 4) is 10.6 Å². The number of rotatable bonds is 5. The van der Waals surface area contributed by atoms with Gasteiger partial charge in [0.1, 0.15) is 22.4 Å². The number of pyridine rings is 1. The maximum Gasteiger partial charge on any atom is 0.228 e. The first-order chi connectivity index (χ1) is 17.4. The number of aromatic nitrogens is 4. The second kappa shape index (κ2) is 9.18. The number of carbonyl (C=O) groups excluding carboxylic acids is 1. The maximum atomic E-state index is 13.1. The number of nitrogens with zero attached hydrogens (tertiary/aromatic N) is 5. The van der Waals surface area contributed by atoms with Gasteiger partial charge in [0.15, 0.2) is 0 Å². The molecular formula is C24H29N7O4S. The van der Waals surface area contributed by atoms with E-state index in [-0.39, 0.29) is 18.3 Å². The van der Waals surface area contributed by atoms with Crippen LogP contribution < -0.4 is 11.1 Å². The maximum absolute atomic E-state index is 13.1. The highest BCUT2D eigenvalue weighted by atomic mass is 32.1. The molecule has 3 aromatic heterocycles. The summed E-state index contributed by atoms with van der Waals surface area (Å²) in [7, 11) is 0. The highest BCUT2D eigenvalue weighted by Crippen LogP contribution is 2.44. The number of ether oxygens (including phenoxy) is 1. The summed E-state index contributed by atoms with van der Waals surface area (Å²) in [5.74, 6) is 0.0962. The minimum atomic E-state index is -1.18. The van der Waals surface area contributed by atoms with E-state index in [0.29, 0.717) is 49.3 Å². The fraction of sp³-hybridized carbons (Fsp3) is 0.542. The number of morpholine rings is 1. The van der Waals surface area contributed by atoms with Crippen molar-refractivity contribution in [2.75, 3.05) is 37.4 Å². The standard InChI is InChI=1S/C24H29N7O4S/c1-11-16(22-29-18-15(36-22)4-5-26-17(18)12-2-3-12)21(30-24(25)27-11)28-14-10-13(19(32)20(14)33)23(34)31-6-8-35-9-7-31/h4-5,12-14,19-20,32-33H,2-3,6-10H2,1H3,(H3,25,27,28,30)/t13-,14+,19+,20-/m0/s1. The highest BCUT2D eigenvalue weighted by Gasteiger charge is 2.47. The molecule has 6 rings (SSSR count).